The van der Waals surface area contributed by atoms with E-state index in [1.54, 1.807) is 30.3 Å². The summed E-state index contributed by atoms with van der Waals surface area (Å²) in [6, 6.07) is 6.71. The van der Waals surface area contributed by atoms with Gasteiger partial charge in [0.1, 0.15) is 0 Å². The second-order valence-electron chi connectivity index (χ2n) is 3.02. The lowest BCUT2D eigenvalue weighted by Crippen LogP contribution is -2.22. The van der Waals surface area contributed by atoms with Crippen LogP contribution in [0.3, 0.4) is 0 Å². The first-order chi connectivity index (χ1) is 7.21. The Labute approximate surface area is 88.6 Å². The molecule has 4 nitrogen and oxygen atoms in total. The zero-order valence-corrected chi connectivity index (χ0v) is 8.73. The fourth-order valence-electron chi connectivity index (χ4n) is 1.01. The van der Waals surface area contributed by atoms with Crippen LogP contribution in [-0.2, 0) is 0 Å². The van der Waals surface area contributed by atoms with Gasteiger partial charge in [-0.15, -0.1) is 5.06 Å². The Morgan fingerprint density at radius 2 is 2.33 bits per heavy atom. The minimum atomic E-state index is 0.411. The molecule has 0 aliphatic carbocycles. The Kier molecular flexibility index (Phi) is 3.83. The number of carbonyl (C=O) groups is 1. The highest BCUT2D eigenvalue weighted by molar-refractivity contribution is 5.79. The quantitative estimate of drug-likeness (QED) is 0.552. The number of nitriles is 1. The summed E-state index contributed by atoms with van der Waals surface area (Å²) in [5.41, 5.74) is 0.911. The van der Waals surface area contributed by atoms with Crippen LogP contribution in [0.1, 0.15) is 22.8 Å². The van der Waals surface area contributed by atoms with Crippen LogP contribution in [0.15, 0.2) is 18.2 Å². The van der Waals surface area contributed by atoms with E-state index in [1.807, 2.05) is 13.0 Å². The van der Waals surface area contributed by atoms with Crippen LogP contribution in [0, 0.1) is 11.3 Å². The van der Waals surface area contributed by atoms with E-state index in [4.69, 9.17) is 10.1 Å². The molecule has 0 saturated carbocycles. The SMILES string of the molecule is CCN(C)Oc1cc(C#N)ccc1C=O. The molecule has 0 spiro atoms. The van der Waals surface area contributed by atoms with Gasteiger partial charge in [-0.05, 0) is 19.1 Å². The molecule has 0 aliphatic rings. The summed E-state index contributed by atoms with van der Waals surface area (Å²) in [5, 5.41) is 10.3. The predicted molar refractivity (Wildman–Crippen MR) is 55.5 cm³/mol. The first-order valence-electron chi connectivity index (χ1n) is 4.59. The van der Waals surface area contributed by atoms with Crippen LogP contribution < -0.4 is 4.84 Å². The lowest BCUT2D eigenvalue weighted by atomic mass is 10.1. The summed E-state index contributed by atoms with van der Waals surface area (Å²) < 4.78 is 0. The maximum Gasteiger partial charge on any atom is 0.159 e. The summed E-state index contributed by atoms with van der Waals surface area (Å²) in [7, 11) is 1.76. The maximum atomic E-state index is 10.7. The Morgan fingerprint density at radius 3 is 2.87 bits per heavy atom. The molecule has 78 valence electrons. The lowest BCUT2D eigenvalue weighted by Gasteiger charge is -2.16. The number of hydroxylamine groups is 2. The summed E-state index contributed by atoms with van der Waals surface area (Å²) in [5.74, 6) is 0.411. The van der Waals surface area contributed by atoms with Crippen LogP contribution in [0.4, 0.5) is 0 Å². The molecular formula is C11H12N2O2. The average molecular weight is 204 g/mol. The van der Waals surface area contributed by atoms with E-state index in [1.165, 1.54) is 0 Å². The normalized spacial score (nSPS) is 9.73. The monoisotopic (exact) mass is 204 g/mol. The van der Waals surface area contributed by atoms with Crippen LogP contribution in [0.5, 0.6) is 5.75 Å². The minimum Gasteiger partial charge on any atom is -0.405 e. The molecule has 0 unspecified atom stereocenters. The molecule has 15 heavy (non-hydrogen) atoms. The van der Waals surface area contributed by atoms with E-state index in [-0.39, 0.29) is 0 Å². The molecule has 0 fully saturated rings. The summed E-state index contributed by atoms with van der Waals surface area (Å²) in [6.07, 6.45) is 0.708. The number of aldehydes is 1. The number of hydrogen-bond donors (Lipinski definition) is 0. The zero-order valence-electron chi connectivity index (χ0n) is 8.73. The van der Waals surface area contributed by atoms with E-state index >= 15 is 0 Å². The van der Waals surface area contributed by atoms with Crippen molar-refractivity contribution in [1.29, 1.82) is 5.26 Å². The van der Waals surface area contributed by atoms with Gasteiger partial charge < -0.3 is 4.84 Å². The average Bonchev–Trinajstić information content (AvgIpc) is 2.28. The molecule has 1 aromatic rings. The van der Waals surface area contributed by atoms with Gasteiger partial charge in [0, 0.05) is 19.7 Å². The maximum absolute atomic E-state index is 10.7. The highest BCUT2D eigenvalue weighted by atomic mass is 16.7. The predicted octanol–water partition coefficient (Wildman–Crippen LogP) is 1.62. The van der Waals surface area contributed by atoms with Crippen LogP contribution in [0.25, 0.3) is 0 Å². The highest BCUT2D eigenvalue weighted by Gasteiger charge is 2.06. The van der Waals surface area contributed by atoms with Crippen molar-refractivity contribution in [3.63, 3.8) is 0 Å². The van der Waals surface area contributed by atoms with Crippen molar-refractivity contribution in [2.24, 2.45) is 0 Å². The van der Waals surface area contributed by atoms with E-state index in [0.717, 1.165) is 0 Å². The van der Waals surface area contributed by atoms with Crippen LogP contribution in [-0.4, -0.2) is 24.9 Å². The molecule has 0 heterocycles. The van der Waals surface area contributed by atoms with Crippen molar-refractivity contribution in [3.8, 4) is 11.8 Å². The Morgan fingerprint density at radius 1 is 1.60 bits per heavy atom. The third-order valence-electron chi connectivity index (χ3n) is 1.97. The van der Waals surface area contributed by atoms with Crippen molar-refractivity contribution >= 4 is 6.29 Å². The summed E-state index contributed by atoms with van der Waals surface area (Å²) in [6.45, 7) is 2.61. The molecular weight excluding hydrogens is 192 g/mol. The van der Waals surface area contributed by atoms with Crippen LogP contribution >= 0.6 is 0 Å². The first-order valence-corrected chi connectivity index (χ1v) is 4.59. The molecule has 0 saturated heterocycles. The minimum absolute atomic E-state index is 0.411. The molecule has 0 aromatic heterocycles. The lowest BCUT2D eigenvalue weighted by molar-refractivity contribution is -0.0267. The van der Waals surface area contributed by atoms with Crippen molar-refractivity contribution in [1.82, 2.24) is 5.06 Å². The molecule has 1 aromatic carbocycles. The van der Waals surface area contributed by atoms with Gasteiger partial charge in [-0.25, -0.2) is 0 Å². The molecule has 4 heteroatoms. The van der Waals surface area contributed by atoms with Crippen molar-refractivity contribution in [3.05, 3.63) is 29.3 Å². The molecule has 0 radical (unpaired) electrons. The first kappa shape index (κ1) is 11.2. The number of rotatable bonds is 4. The Bertz CT molecular complexity index is 396. The third-order valence-corrected chi connectivity index (χ3v) is 1.97. The van der Waals surface area contributed by atoms with Crippen molar-refractivity contribution < 1.29 is 9.63 Å². The van der Waals surface area contributed by atoms with Gasteiger partial charge in [0.05, 0.1) is 17.2 Å². The second-order valence-corrected chi connectivity index (χ2v) is 3.02. The molecule has 0 aliphatic heterocycles. The largest absolute Gasteiger partial charge is 0.405 e. The van der Waals surface area contributed by atoms with Gasteiger partial charge >= 0.3 is 0 Å². The fraction of sp³-hybridized carbons (Fsp3) is 0.273. The van der Waals surface area contributed by atoms with Gasteiger partial charge in [0.25, 0.3) is 0 Å². The number of carbonyl (C=O) groups excluding carboxylic acids is 1. The van der Waals surface area contributed by atoms with Gasteiger partial charge in [0.15, 0.2) is 12.0 Å². The topological polar surface area (TPSA) is 53.3 Å². The fourth-order valence-corrected chi connectivity index (χ4v) is 1.01. The highest BCUT2D eigenvalue weighted by Crippen LogP contribution is 2.19. The standard InChI is InChI=1S/C11H12N2O2/c1-3-13(2)15-11-6-9(7-12)4-5-10(11)8-14/h4-6,8H,3H2,1-2H3. The Balaban J connectivity index is 3.02. The molecule has 0 amide bonds. The van der Waals surface area contributed by atoms with E-state index in [0.29, 0.717) is 29.7 Å². The molecule has 1 rings (SSSR count). The van der Waals surface area contributed by atoms with E-state index in [2.05, 4.69) is 0 Å². The van der Waals surface area contributed by atoms with Gasteiger partial charge in [-0.1, -0.05) is 0 Å². The number of benzene rings is 1. The number of hydrogen-bond acceptors (Lipinski definition) is 4. The molecule has 0 bridgehead atoms. The summed E-state index contributed by atoms with van der Waals surface area (Å²) in [4.78, 5) is 16.1. The zero-order chi connectivity index (χ0) is 11.3. The van der Waals surface area contributed by atoms with Gasteiger partial charge in [0.2, 0.25) is 0 Å². The molecule has 0 N–H and O–H groups in total. The van der Waals surface area contributed by atoms with Gasteiger partial charge in [-0.3, -0.25) is 4.79 Å². The smallest absolute Gasteiger partial charge is 0.159 e. The summed E-state index contributed by atoms with van der Waals surface area (Å²) >= 11 is 0. The molecule has 0 atom stereocenters. The van der Waals surface area contributed by atoms with Crippen molar-refractivity contribution in [2.75, 3.05) is 13.6 Å². The van der Waals surface area contributed by atoms with E-state index < -0.39 is 0 Å². The second kappa shape index (κ2) is 5.13. The van der Waals surface area contributed by atoms with Crippen LogP contribution in [0.2, 0.25) is 0 Å². The van der Waals surface area contributed by atoms with Gasteiger partial charge in [-0.2, -0.15) is 5.26 Å². The van der Waals surface area contributed by atoms with Crippen molar-refractivity contribution in [2.45, 2.75) is 6.92 Å². The third kappa shape index (κ3) is 2.79. The van der Waals surface area contributed by atoms with E-state index in [9.17, 15) is 4.79 Å². The number of nitrogens with zero attached hydrogens (tertiary/aromatic N) is 2. The Hall–Kier alpha value is -1.86.